The van der Waals surface area contributed by atoms with Crippen molar-refractivity contribution in [3.63, 3.8) is 0 Å². The number of hydrogen-bond acceptors (Lipinski definition) is 5. The standard InChI is InChI=1S/C19H18Cl2N4O/c1-26-17-7-6-15(12-16(17)21)24-18-9-11-23-19(25-18)22-10-8-13-2-4-14(20)5-3-13/h2-7,9,11-12H,8,10H2,1H3,(H2,22,23,24,25). The molecule has 0 bridgehead atoms. The molecule has 3 rings (SSSR count). The van der Waals surface area contributed by atoms with Crippen LogP contribution in [0.25, 0.3) is 0 Å². The molecule has 2 aromatic carbocycles. The minimum atomic E-state index is 0.535. The Kier molecular flexibility index (Phi) is 6.15. The van der Waals surface area contributed by atoms with E-state index in [2.05, 4.69) is 20.6 Å². The van der Waals surface area contributed by atoms with E-state index < -0.39 is 0 Å². The molecule has 0 aliphatic carbocycles. The highest BCUT2D eigenvalue weighted by Gasteiger charge is 2.04. The summed E-state index contributed by atoms with van der Waals surface area (Å²) < 4.78 is 5.15. The zero-order valence-electron chi connectivity index (χ0n) is 14.2. The first-order valence-electron chi connectivity index (χ1n) is 8.06. The maximum absolute atomic E-state index is 6.15. The fourth-order valence-corrected chi connectivity index (χ4v) is 2.76. The number of ether oxygens (including phenoxy) is 1. The lowest BCUT2D eigenvalue weighted by Crippen LogP contribution is -2.08. The third-order valence-electron chi connectivity index (χ3n) is 3.69. The molecule has 5 nitrogen and oxygen atoms in total. The monoisotopic (exact) mass is 388 g/mol. The van der Waals surface area contributed by atoms with Gasteiger partial charge in [-0.1, -0.05) is 35.3 Å². The van der Waals surface area contributed by atoms with Crippen molar-refractivity contribution in [3.8, 4) is 5.75 Å². The molecule has 0 unspecified atom stereocenters. The molecular formula is C19H18Cl2N4O. The number of anilines is 3. The van der Waals surface area contributed by atoms with Crippen molar-refractivity contribution in [1.29, 1.82) is 0 Å². The van der Waals surface area contributed by atoms with Gasteiger partial charge in [-0.25, -0.2) is 4.98 Å². The summed E-state index contributed by atoms with van der Waals surface area (Å²) in [4.78, 5) is 8.70. The molecule has 2 N–H and O–H groups in total. The second-order valence-electron chi connectivity index (χ2n) is 5.54. The van der Waals surface area contributed by atoms with E-state index in [1.54, 1.807) is 31.5 Å². The van der Waals surface area contributed by atoms with Gasteiger partial charge < -0.3 is 15.4 Å². The first-order chi connectivity index (χ1) is 12.6. The van der Waals surface area contributed by atoms with Crippen LogP contribution in [0.3, 0.4) is 0 Å². The van der Waals surface area contributed by atoms with Gasteiger partial charge in [-0.05, 0) is 48.4 Å². The topological polar surface area (TPSA) is 59.1 Å². The van der Waals surface area contributed by atoms with Crippen molar-refractivity contribution in [1.82, 2.24) is 9.97 Å². The Bertz CT molecular complexity index is 872. The minimum absolute atomic E-state index is 0.535. The van der Waals surface area contributed by atoms with Crippen LogP contribution in [0.5, 0.6) is 5.75 Å². The van der Waals surface area contributed by atoms with Gasteiger partial charge in [0.25, 0.3) is 0 Å². The zero-order chi connectivity index (χ0) is 18.4. The number of halogens is 2. The number of nitrogens with one attached hydrogen (secondary N) is 2. The molecule has 0 radical (unpaired) electrons. The largest absolute Gasteiger partial charge is 0.495 e. The van der Waals surface area contributed by atoms with Crippen LogP contribution >= 0.6 is 23.2 Å². The molecule has 0 saturated carbocycles. The number of benzene rings is 2. The van der Waals surface area contributed by atoms with E-state index in [0.717, 1.165) is 23.7 Å². The van der Waals surface area contributed by atoms with Gasteiger partial charge in [0.05, 0.1) is 12.1 Å². The molecule has 134 valence electrons. The number of methoxy groups -OCH3 is 1. The van der Waals surface area contributed by atoms with Crippen LogP contribution < -0.4 is 15.4 Å². The third-order valence-corrected chi connectivity index (χ3v) is 4.24. The molecular weight excluding hydrogens is 371 g/mol. The Hall–Kier alpha value is -2.50. The molecule has 0 amide bonds. The van der Waals surface area contributed by atoms with Crippen molar-refractivity contribution in [2.75, 3.05) is 24.3 Å². The van der Waals surface area contributed by atoms with E-state index in [-0.39, 0.29) is 0 Å². The summed E-state index contributed by atoms with van der Waals surface area (Å²) in [6.07, 6.45) is 2.55. The van der Waals surface area contributed by atoms with Gasteiger partial charge >= 0.3 is 0 Å². The van der Waals surface area contributed by atoms with Crippen LogP contribution in [0.1, 0.15) is 5.56 Å². The van der Waals surface area contributed by atoms with Crippen molar-refractivity contribution in [2.24, 2.45) is 0 Å². The fourth-order valence-electron chi connectivity index (χ4n) is 2.38. The quantitative estimate of drug-likeness (QED) is 0.582. The number of hydrogen-bond donors (Lipinski definition) is 2. The molecule has 0 saturated heterocycles. The molecule has 3 aromatic rings. The van der Waals surface area contributed by atoms with Crippen LogP contribution in [-0.2, 0) is 6.42 Å². The maximum Gasteiger partial charge on any atom is 0.224 e. The molecule has 0 fully saturated rings. The Morgan fingerprint density at radius 1 is 1.04 bits per heavy atom. The van der Waals surface area contributed by atoms with Gasteiger partial charge in [0.1, 0.15) is 11.6 Å². The predicted molar refractivity (Wildman–Crippen MR) is 107 cm³/mol. The summed E-state index contributed by atoms with van der Waals surface area (Å²) in [6.45, 7) is 0.722. The van der Waals surface area contributed by atoms with Crippen LogP contribution in [-0.4, -0.2) is 23.6 Å². The Morgan fingerprint density at radius 3 is 2.58 bits per heavy atom. The van der Waals surface area contributed by atoms with Gasteiger partial charge in [0, 0.05) is 23.5 Å². The summed E-state index contributed by atoms with van der Waals surface area (Å²) in [5.74, 6) is 1.86. The first-order valence-corrected chi connectivity index (χ1v) is 8.81. The SMILES string of the molecule is COc1ccc(Nc2ccnc(NCCc3ccc(Cl)cc3)n2)cc1Cl. The van der Waals surface area contributed by atoms with Crippen LogP contribution in [0.2, 0.25) is 10.0 Å². The van der Waals surface area contributed by atoms with Gasteiger partial charge in [-0.3, -0.25) is 0 Å². The van der Waals surface area contributed by atoms with Gasteiger partial charge in [0.2, 0.25) is 5.95 Å². The highest BCUT2D eigenvalue weighted by Crippen LogP contribution is 2.28. The van der Waals surface area contributed by atoms with Crippen molar-refractivity contribution in [3.05, 3.63) is 70.3 Å². The van der Waals surface area contributed by atoms with Crippen molar-refractivity contribution in [2.45, 2.75) is 6.42 Å². The summed E-state index contributed by atoms with van der Waals surface area (Å²) in [6, 6.07) is 15.1. The molecule has 0 aliphatic heterocycles. The summed E-state index contributed by atoms with van der Waals surface area (Å²) in [5, 5.41) is 7.70. The van der Waals surface area contributed by atoms with Crippen LogP contribution in [0, 0.1) is 0 Å². The van der Waals surface area contributed by atoms with E-state index in [1.165, 1.54) is 5.56 Å². The van der Waals surface area contributed by atoms with Crippen molar-refractivity contribution < 1.29 is 4.74 Å². The number of aromatic nitrogens is 2. The Morgan fingerprint density at radius 2 is 1.85 bits per heavy atom. The lowest BCUT2D eigenvalue weighted by molar-refractivity contribution is 0.415. The van der Waals surface area contributed by atoms with Crippen molar-refractivity contribution >= 4 is 40.7 Å². The molecule has 0 spiro atoms. The first kappa shape index (κ1) is 18.3. The minimum Gasteiger partial charge on any atom is -0.495 e. The third kappa shape index (κ3) is 5.00. The smallest absolute Gasteiger partial charge is 0.224 e. The summed E-state index contributed by atoms with van der Waals surface area (Å²) >= 11 is 12.0. The van der Waals surface area contributed by atoms with E-state index in [4.69, 9.17) is 27.9 Å². The number of nitrogens with zero attached hydrogens (tertiary/aromatic N) is 2. The normalized spacial score (nSPS) is 10.4. The summed E-state index contributed by atoms with van der Waals surface area (Å²) in [5.41, 5.74) is 2.02. The highest BCUT2D eigenvalue weighted by atomic mass is 35.5. The Labute approximate surface area is 162 Å². The fraction of sp³-hybridized carbons (Fsp3) is 0.158. The number of rotatable bonds is 7. The van der Waals surface area contributed by atoms with Gasteiger partial charge in [-0.2, -0.15) is 4.98 Å². The summed E-state index contributed by atoms with van der Waals surface area (Å²) in [7, 11) is 1.58. The predicted octanol–water partition coefficient (Wildman–Crippen LogP) is 5.19. The van der Waals surface area contributed by atoms with E-state index in [9.17, 15) is 0 Å². The second kappa shape index (κ2) is 8.74. The average molecular weight is 389 g/mol. The second-order valence-corrected chi connectivity index (χ2v) is 6.39. The maximum atomic E-state index is 6.15. The zero-order valence-corrected chi connectivity index (χ0v) is 15.7. The van der Waals surface area contributed by atoms with Gasteiger partial charge in [0.15, 0.2) is 0 Å². The average Bonchev–Trinajstić information content (AvgIpc) is 2.64. The molecule has 26 heavy (non-hydrogen) atoms. The van der Waals surface area contributed by atoms with Crippen LogP contribution in [0.15, 0.2) is 54.7 Å². The lowest BCUT2D eigenvalue weighted by Gasteiger charge is -2.10. The molecule has 1 aromatic heterocycles. The Balaban J connectivity index is 1.59. The molecule has 1 heterocycles. The van der Waals surface area contributed by atoms with E-state index in [1.807, 2.05) is 30.3 Å². The lowest BCUT2D eigenvalue weighted by atomic mass is 10.1. The van der Waals surface area contributed by atoms with Gasteiger partial charge in [-0.15, -0.1) is 0 Å². The highest BCUT2D eigenvalue weighted by molar-refractivity contribution is 6.32. The van der Waals surface area contributed by atoms with E-state index >= 15 is 0 Å². The molecule has 0 atom stereocenters. The van der Waals surface area contributed by atoms with E-state index in [0.29, 0.717) is 22.5 Å². The molecule has 7 heteroatoms. The van der Waals surface area contributed by atoms with Crippen LogP contribution in [0.4, 0.5) is 17.5 Å². The molecule has 0 aliphatic rings.